The smallest absolute Gasteiger partial charge is 0.329 e. The lowest BCUT2D eigenvalue weighted by molar-refractivity contribution is -0.265. The number of allylic oxidation sites excluding steroid dienone is 6. The van der Waals surface area contributed by atoms with E-state index in [9.17, 15) is 43.8 Å². The number of aliphatic carboxylic acids is 1. The second kappa shape index (κ2) is 28.2. The first-order valence-corrected chi connectivity index (χ1v) is 25.5. The van der Waals surface area contributed by atoms with Gasteiger partial charge in [0.15, 0.2) is 5.78 Å². The van der Waals surface area contributed by atoms with Crippen LogP contribution in [0.5, 0.6) is 0 Å². The van der Waals surface area contributed by atoms with Crippen LogP contribution in [-0.4, -0.2) is 144 Å². The molecule has 2 bridgehead atoms. The summed E-state index contributed by atoms with van der Waals surface area (Å²) in [6.45, 7) is 10.5. The number of ether oxygens (including phenoxy) is 6. The van der Waals surface area contributed by atoms with Crippen LogP contribution in [0.4, 0.5) is 0 Å². The first-order valence-electron chi connectivity index (χ1n) is 25.5. The number of amides is 1. The molecule has 1 aliphatic carbocycles. The van der Waals surface area contributed by atoms with Gasteiger partial charge in [0.2, 0.25) is 5.79 Å². The molecule has 0 aromatic carbocycles. The summed E-state index contributed by atoms with van der Waals surface area (Å²) in [5.41, 5.74) is 1.21. The number of carbonyl (C=O) groups excluding carboxylic acids is 6. The Labute approximate surface area is 419 Å². The van der Waals surface area contributed by atoms with Crippen LogP contribution in [0, 0.1) is 29.6 Å². The summed E-state index contributed by atoms with van der Waals surface area (Å²) in [5, 5.41) is 32.4. The number of carbonyl (C=O) groups is 7. The van der Waals surface area contributed by atoms with Crippen molar-refractivity contribution in [2.75, 3.05) is 27.9 Å². The first kappa shape index (κ1) is 59.2. The fourth-order valence-corrected chi connectivity index (χ4v) is 10.3. The van der Waals surface area contributed by atoms with Crippen molar-refractivity contribution in [3.8, 4) is 0 Å². The Hall–Kier alpha value is -4.39. The molecule has 3 N–H and O–H groups in total. The quantitative estimate of drug-likeness (QED) is 0.123. The van der Waals surface area contributed by atoms with E-state index >= 15 is 0 Å². The number of nitrogens with zero attached hydrogens (tertiary/aromatic N) is 1. The van der Waals surface area contributed by atoms with Gasteiger partial charge in [-0.25, -0.2) is 4.79 Å². The van der Waals surface area contributed by atoms with Crippen molar-refractivity contribution in [1.82, 2.24) is 4.90 Å². The number of carboxylic acid groups (broad SMARTS) is 1. The van der Waals surface area contributed by atoms with Crippen molar-refractivity contribution in [2.24, 2.45) is 29.6 Å². The van der Waals surface area contributed by atoms with E-state index < -0.39 is 108 Å². The third kappa shape index (κ3) is 16.6. The van der Waals surface area contributed by atoms with Gasteiger partial charge in [0.25, 0.3) is 11.7 Å². The topological polar surface area (TPSA) is 239 Å². The summed E-state index contributed by atoms with van der Waals surface area (Å²) in [5.74, 6) is -10.3. The summed E-state index contributed by atoms with van der Waals surface area (Å²) < 4.78 is 35.1. The number of cyclic esters (lactones) is 1. The summed E-state index contributed by atoms with van der Waals surface area (Å²) >= 11 is 0. The second-order valence-corrected chi connectivity index (χ2v) is 20.4. The minimum atomic E-state index is -2.46. The Morgan fingerprint density at radius 3 is 2.27 bits per heavy atom. The highest BCUT2D eigenvalue weighted by atomic mass is 16.6. The molecule has 71 heavy (non-hydrogen) atoms. The molecule has 0 aromatic rings. The van der Waals surface area contributed by atoms with E-state index in [1.807, 2.05) is 44.2 Å². The number of esters is 2. The number of Topliss-reactive ketones (excluding diaryl/α,β-unsaturated/α-hetero) is 3. The number of aliphatic hydroxyl groups excluding tert-OH is 1. The number of ketones is 3. The fourth-order valence-electron chi connectivity index (χ4n) is 10.3. The Morgan fingerprint density at radius 1 is 0.859 bits per heavy atom. The molecule has 0 aromatic heterocycles. The third-order valence-corrected chi connectivity index (χ3v) is 15.0. The fraction of sp³-hybridized carbons (Fsp3) is 0.722. The molecule has 0 spiro atoms. The molecule has 14 atom stereocenters. The number of fused-ring (bicyclic) bond motifs is 3. The van der Waals surface area contributed by atoms with E-state index in [4.69, 9.17) is 33.5 Å². The van der Waals surface area contributed by atoms with E-state index in [0.717, 1.165) is 10.5 Å². The van der Waals surface area contributed by atoms with Gasteiger partial charge in [-0.05, 0) is 107 Å². The SMILES string of the molecule is CO[C@H]1C[C@@H]2CC[C@@H](C)[C@@](O)(O2)C(=O)C(=O)N2CCCC[C@H]2C(=O)O[C@H]([C@H](C)C[C@@H]2CC[C@@H](OC(=O)CCC(=O)O)[C@H](OC)C2)CC(=O)[C@H](C)/C=C(\C)[C@@H](O)[C@@H](OC)C(=O)[C@H](C)CC/C=C/C=C/C=C/1C. The number of aliphatic hydroxyl groups is 2. The van der Waals surface area contributed by atoms with Gasteiger partial charge >= 0.3 is 17.9 Å². The van der Waals surface area contributed by atoms with Crippen molar-refractivity contribution >= 4 is 41.2 Å². The molecule has 17 nitrogen and oxygen atoms in total. The average molecular weight is 1000 g/mol. The van der Waals surface area contributed by atoms with E-state index in [-0.39, 0.29) is 49.7 Å². The summed E-state index contributed by atoms with van der Waals surface area (Å²) in [6, 6.07) is -1.20. The van der Waals surface area contributed by atoms with Gasteiger partial charge in [0.1, 0.15) is 36.2 Å². The van der Waals surface area contributed by atoms with Crippen LogP contribution in [0.1, 0.15) is 138 Å². The normalized spacial score (nSPS) is 36.8. The molecule has 398 valence electrons. The zero-order valence-electron chi connectivity index (χ0n) is 43.4. The van der Waals surface area contributed by atoms with Gasteiger partial charge in [-0.3, -0.25) is 28.8 Å². The number of rotatable bonds is 10. The van der Waals surface area contributed by atoms with Gasteiger partial charge in [-0.2, -0.15) is 0 Å². The van der Waals surface area contributed by atoms with Crippen molar-refractivity contribution in [3.05, 3.63) is 47.6 Å². The molecule has 4 aliphatic rings. The summed E-state index contributed by atoms with van der Waals surface area (Å²) in [4.78, 5) is 95.5. The standard InChI is InChI=1S/C54H81NO16/c1-32-17-13-11-10-12-14-18-33(2)48(60)50(68-9)49(61)36(5)27-34(3)41(56)31-44(35(4)28-38-21-23-42(45(29-38)67-8)69-47(59)25-24-46(57)58)70-53(64)40-19-15-16-26-55(40)52(63)51(62)54(65)37(6)20-22-39(71-54)30-43(32)66-7/h10-13,17,27,33-35,37-40,42-45,49-50,61,65H,14-16,18-26,28-31H2,1-9H3,(H,57,58)/b12-10+,13-11+,32-17+,36-27+/t33-,34-,35-,37-,38+,39+,40+,42-,43+,44+,45-,49-,50+,54-/m1/s1. The van der Waals surface area contributed by atoms with Crippen molar-refractivity contribution in [2.45, 2.75) is 192 Å². The highest BCUT2D eigenvalue weighted by Gasteiger charge is 2.53. The maximum absolute atomic E-state index is 14.5. The Bertz CT molecular complexity index is 1980. The van der Waals surface area contributed by atoms with Crippen LogP contribution in [0.2, 0.25) is 0 Å². The molecule has 0 radical (unpaired) electrons. The molecular formula is C54H81NO16. The van der Waals surface area contributed by atoms with E-state index in [1.165, 1.54) is 14.2 Å². The lowest BCUT2D eigenvalue weighted by atomic mass is 9.78. The Morgan fingerprint density at radius 2 is 1.59 bits per heavy atom. The molecule has 1 saturated carbocycles. The first-order chi connectivity index (χ1) is 33.6. The van der Waals surface area contributed by atoms with Gasteiger partial charge in [-0.15, -0.1) is 0 Å². The minimum absolute atomic E-state index is 0.0210. The third-order valence-electron chi connectivity index (χ3n) is 15.0. The molecule has 3 heterocycles. The Kier molecular flexibility index (Phi) is 23.5. The van der Waals surface area contributed by atoms with Crippen LogP contribution >= 0.6 is 0 Å². The predicted octanol–water partition coefficient (Wildman–Crippen LogP) is 6.35. The number of piperidine rings is 1. The van der Waals surface area contributed by atoms with Crippen LogP contribution in [0.3, 0.4) is 0 Å². The van der Waals surface area contributed by atoms with Crippen molar-refractivity contribution < 1.29 is 77.3 Å². The number of hydrogen-bond donors (Lipinski definition) is 3. The maximum atomic E-state index is 14.5. The van der Waals surface area contributed by atoms with E-state index in [1.54, 1.807) is 40.9 Å². The predicted molar refractivity (Wildman–Crippen MR) is 261 cm³/mol. The zero-order valence-corrected chi connectivity index (χ0v) is 43.4. The van der Waals surface area contributed by atoms with Crippen LogP contribution in [0.15, 0.2) is 47.6 Å². The van der Waals surface area contributed by atoms with Crippen molar-refractivity contribution in [1.29, 1.82) is 0 Å². The highest BCUT2D eigenvalue weighted by Crippen LogP contribution is 2.38. The number of hydrogen-bond acceptors (Lipinski definition) is 15. The Balaban J connectivity index is 1.67. The van der Waals surface area contributed by atoms with Gasteiger partial charge in [0.05, 0.1) is 31.2 Å². The summed E-state index contributed by atoms with van der Waals surface area (Å²) in [7, 11) is 4.42. The van der Waals surface area contributed by atoms with Crippen LogP contribution in [0.25, 0.3) is 0 Å². The van der Waals surface area contributed by atoms with Crippen LogP contribution < -0.4 is 0 Å². The van der Waals surface area contributed by atoms with Gasteiger partial charge in [-0.1, -0.05) is 64.2 Å². The lowest BCUT2D eigenvalue weighted by Gasteiger charge is -2.42. The van der Waals surface area contributed by atoms with E-state index in [2.05, 4.69) is 0 Å². The molecule has 3 fully saturated rings. The minimum Gasteiger partial charge on any atom is -0.481 e. The molecule has 1 amide bonds. The molecule has 2 saturated heterocycles. The molecule has 4 rings (SSSR count). The van der Waals surface area contributed by atoms with Crippen molar-refractivity contribution in [3.63, 3.8) is 0 Å². The number of methoxy groups -OCH3 is 3. The van der Waals surface area contributed by atoms with Gasteiger partial charge < -0.3 is 48.6 Å². The number of carboxylic acids is 1. The lowest BCUT2D eigenvalue weighted by Crippen LogP contribution is -2.61. The van der Waals surface area contributed by atoms with E-state index in [0.29, 0.717) is 76.2 Å². The largest absolute Gasteiger partial charge is 0.481 e. The second-order valence-electron chi connectivity index (χ2n) is 20.4. The van der Waals surface area contributed by atoms with Gasteiger partial charge in [0, 0.05) is 58.5 Å². The zero-order chi connectivity index (χ0) is 52.6. The average Bonchev–Trinajstić information content (AvgIpc) is 3.34. The molecule has 0 unspecified atom stereocenters. The monoisotopic (exact) mass is 1000 g/mol. The highest BCUT2D eigenvalue weighted by molar-refractivity contribution is 6.39. The maximum Gasteiger partial charge on any atom is 0.329 e. The molecule has 3 aliphatic heterocycles. The summed E-state index contributed by atoms with van der Waals surface area (Å²) in [6.07, 6.45) is 9.87. The molecular weight excluding hydrogens is 919 g/mol. The molecule has 17 heteroatoms. The van der Waals surface area contributed by atoms with Crippen LogP contribution in [-0.2, 0) is 62.0 Å².